The normalized spacial score (nSPS) is 18.4. The maximum Gasteiger partial charge on any atom is 0.123 e. The van der Waals surface area contributed by atoms with Crippen LogP contribution >= 0.6 is 11.6 Å². The smallest absolute Gasteiger partial charge is 0.123 e. The lowest BCUT2D eigenvalue weighted by atomic mass is 9.98. The first-order valence-electron chi connectivity index (χ1n) is 7.11. The van der Waals surface area contributed by atoms with E-state index in [4.69, 9.17) is 16.3 Å². The van der Waals surface area contributed by atoms with Gasteiger partial charge in [0.1, 0.15) is 11.9 Å². The molecule has 0 bridgehead atoms. The van der Waals surface area contributed by atoms with E-state index in [1.807, 2.05) is 0 Å². The van der Waals surface area contributed by atoms with E-state index in [1.165, 1.54) is 22.3 Å². The Morgan fingerprint density at radius 2 is 2.05 bits per heavy atom. The zero-order valence-electron chi connectivity index (χ0n) is 11.9. The van der Waals surface area contributed by atoms with Crippen molar-refractivity contribution in [1.29, 1.82) is 0 Å². The standard InChI is InChI=1S/C18H19ClO/c1-12-5-3-4-6-14(12)11-17(19)15-7-8-18-16(10-15)9-13(2)20-18/h3-8,10,13,17H,9,11H2,1-2H3. The van der Waals surface area contributed by atoms with E-state index in [-0.39, 0.29) is 11.5 Å². The van der Waals surface area contributed by atoms with Gasteiger partial charge < -0.3 is 4.74 Å². The first-order valence-corrected chi connectivity index (χ1v) is 7.55. The largest absolute Gasteiger partial charge is 0.490 e. The maximum atomic E-state index is 6.61. The predicted molar refractivity (Wildman–Crippen MR) is 83.7 cm³/mol. The van der Waals surface area contributed by atoms with Gasteiger partial charge in [0.05, 0.1) is 5.38 Å². The fourth-order valence-corrected chi connectivity index (χ4v) is 3.09. The summed E-state index contributed by atoms with van der Waals surface area (Å²) in [5, 5.41) is 0.0114. The number of alkyl halides is 1. The summed E-state index contributed by atoms with van der Waals surface area (Å²) in [5.41, 5.74) is 5.09. The summed E-state index contributed by atoms with van der Waals surface area (Å²) in [5.74, 6) is 1.01. The third-order valence-electron chi connectivity index (χ3n) is 3.94. The van der Waals surface area contributed by atoms with Gasteiger partial charge in [-0.15, -0.1) is 11.6 Å². The molecule has 2 aromatic carbocycles. The minimum atomic E-state index is 0.0114. The molecular formula is C18H19ClO. The number of aryl methyl sites for hydroxylation is 1. The van der Waals surface area contributed by atoms with Crippen molar-refractivity contribution in [2.75, 3.05) is 0 Å². The Balaban J connectivity index is 1.80. The van der Waals surface area contributed by atoms with Crippen molar-refractivity contribution in [2.24, 2.45) is 0 Å². The second kappa shape index (κ2) is 5.49. The van der Waals surface area contributed by atoms with Gasteiger partial charge >= 0.3 is 0 Å². The molecule has 0 radical (unpaired) electrons. The quantitative estimate of drug-likeness (QED) is 0.734. The highest BCUT2D eigenvalue weighted by atomic mass is 35.5. The van der Waals surface area contributed by atoms with E-state index in [9.17, 15) is 0 Å². The Labute approximate surface area is 125 Å². The molecule has 2 heteroatoms. The molecule has 1 aliphatic heterocycles. The zero-order valence-corrected chi connectivity index (χ0v) is 12.7. The van der Waals surface area contributed by atoms with Crippen molar-refractivity contribution in [1.82, 2.24) is 0 Å². The van der Waals surface area contributed by atoms with Crippen LogP contribution in [0.3, 0.4) is 0 Å². The minimum Gasteiger partial charge on any atom is -0.490 e. The number of benzene rings is 2. The lowest BCUT2D eigenvalue weighted by molar-refractivity contribution is 0.254. The van der Waals surface area contributed by atoms with Crippen molar-refractivity contribution < 1.29 is 4.74 Å². The molecule has 0 spiro atoms. The van der Waals surface area contributed by atoms with Gasteiger partial charge in [-0.1, -0.05) is 36.4 Å². The molecule has 0 saturated heterocycles. The fourth-order valence-electron chi connectivity index (χ4n) is 2.79. The molecule has 20 heavy (non-hydrogen) atoms. The highest BCUT2D eigenvalue weighted by Gasteiger charge is 2.20. The van der Waals surface area contributed by atoms with Crippen LogP contribution in [0.2, 0.25) is 0 Å². The average Bonchev–Trinajstić information content (AvgIpc) is 2.80. The van der Waals surface area contributed by atoms with E-state index in [0.717, 1.165) is 18.6 Å². The van der Waals surface area contributed by atoms with Crippen molar-refractivity contribution in [3.05, 3.63) is 64.7 Å². The molecule has 2 aromatic rings. The summed E-state index contributed by atoms with van der Waals surface area (Å²) < 4.78 is 5.74. The van der Waals surface area contributed by atoms with Crippen LogP contribution in [0.15, 0.2) is 42.5 Å². The summed E-state index contributed by atoms with van der Waals surface area (Å²) in [7, 11) is 0. The average molecular weight is 287 g/mol. The Kier molecular flexibility index (Phi) is 3.71. The number of rotatable bonds is 3. The Morgan fingerprint density at radius 1 is 1.25 bits per heavy atom. The lowest BCUT2D eigenvalue weighted by Gasteiger charge is -2.13. The van der Waals surface area contributed by atoms with Crippen LogP contribution in [0.25, 0.3) is 0 Å². The highest BCUT2D eigenvalue weighted by molar-refractivity contribution is 6.21. The summed E-state index contributed by atoms with van der Waals surface area (Å²) in [6, 6.07) is 14.8. The van der Waals surface area contributed by atoms with Gasteiger partial charge in [0, 0.05) is 6.42 Å². The molecule has 0 fully saturated rings. The monoisotopic (exact) mass is 286 g/mol. The van der Waals surface area contributed by atoms with Gasteiger partial charge in [0.2, 0.25) is 0 Å². The summed E-state index contributed by atoms with van der Waals surface area (Å²) in [6.45, 7) is 4.24. The van der Waals surface area contributed by atoms with Crippen LogP contribution in [0.4, 0.5) is 0 Å². The molecule has 1 nitrogen and oxygen atoms in total. The molecule has 0 aromatic heterocycles. The van der Waals surface area contributed by atoms with Crippen molar-refractivity contribution in [2.45, 2.75) is 38.2 Å². The number of hydrogen-bond acceptors (Lipinski definition) is 1. The molecular weight excluding hydrogens is 268 g/mol. The van der Waals surface area contributed by atoms with E-state index in [2.05, 4.69) is 56.3 Å². The first-order chi connectivity index (χ1) is 9.63. The van der Waals surface area contributed by atoms with Crippen LogP contribution < -0.4 is 4.74 Å². The highest BCUT2D eigenvalue weighted by Crippen LogP contribution is 2.34. The van der Waals surface area contributed by atoms with E-state index in [0.29, 0.717) is 0 Å². The molecule has 2 atom stereocenters. The number of fused-ring (bicyclic) bond motifs is 1. The Bertz CT molecular complexity index is 621. The SMILES string of the molecule is Cc1ccccc1CC(Cl)c1ccc2c(c1)CC(C)O2. The third-order valence-corrected chi connectivity index (χ3v) is 4.35. The van der Waals surface area contributed by atoms with Gasteiger partial charge in [0.25, 0.3) is 0 Å². The van der Waals surface area contributed by atoms with Crippen LogP contribution in [0.1, 0.15) is 34.6 Å². The van der Waals surface area contributed by atoms with E-state index >= 15 is 0 Å². The van der Waals surface area contributed by atoms with Crippen LogP contribution in [-0.2, 0) is 12.8 Å². The van der Waals surface area contributed by atoms with Crippen LogP contribution in [0.5, 0.6) is 5.75 Å². The van der Waals surface area contributed by atoms with Gasteiger partial charge in [-0.05, 0) is 48.6 Å². The Morgan fingerprint density at radius 3 is 2.85 bits per heavy atom. The van der Waals surface area contributed by atoms with Crippen molar-refractivity contribution in [3.8, 4) is 5.75 Å². The second-order valence-electron chi connectivity index (χ2n) is 5.60. The van der Waals surface area contributed by atoms with Crippen molar-refractivity contribution in [3.63, 3.8) is 0 Å². The Hall–Kier alpha value is -1.47. The number of hydrogen-bond donors (Lipinski definition) is 0. The summed E-state index contributed by atoms with van der Waals surface area (Å²) in [6.07, 6.45) is 2.13. The van der Waals surface area contributed by atoms with Gasteiger partial charge in [0.15, 0.2) is 0 Å². The minimum absolute atomic E-state index is 0.0114. The molecule has 0 saturated carbocycles. The summed E-state index contributed by atoms with van der Waals surface area (Å²) >= 11 is 6.61. The first kappa shape index (κ1) is 13.5. The molecule has 0 N–H and O–H groups in total. The second-order valence-corrected chi connectivity index (χ2v) is 6.12. The molecule has 104 valence electrons. The maximum absolute atomic E-state index is 6.61. The lowest BCUT2D eigenvalue weighted by Crippen LogP contribution is -2.05. The zero-order chi connectivity index (χ0) is 14.1. The van der Waals surface area contributed by atoms with Crippen molar-refractivity contribution >= 4 is 11.6 Å². The molecule has 0 amide bonds. The van der Waals surface area contributed by atoms with Crippen LogP contribution in [-0.4, -0.2) is 6.10 Å². The molecule has 3 rings (SSSR count). The van der Waals surface area contributed by atoms with E-state index < -0.39 is 0 Å². The number of halogens is 1. The van der Waals surface area contributed by atoms with Crippen LogP contribution in [0, 0.1) is 6.92 Å². The molecule has 1 heterocycles. The number of ether oxygens (including phenoxy) is 1. The molecule has 1 aliphatic rings. The van der Waals surface area contributed by atoms with E-state index in [1.54, 1.807) is 0 Å². The molecule has 0 aliphatic carbocycles. The third kappa shape index (κ3) is 2.69. The predicted octanol–water partition coefficient (Wildman–Crippen LogP) is 4.84. The summed E-state index contributed by atoms with van der Waals surface area (Å²) in [4.78, 5) is 0. The van der Waals surface area contributed by atoms with Gasteiger partial charge in [-0.25, -0.2) is 0 Å². The topological polar surface area (TPSA) is 9.23 Å². The van der Waals surface area contributed by atoms with Gasteiger partial charge in [-0.2, -0.15) is 0 Å². The van der Waals surface area contributed by atoms with Gasteiger partial charge in [-0.3, -0.25) is 0 Å². The molecule has 2 unspecified atom stereocenters. The fraction of sp³-hybridized carbons (Fsp3) is 0.333.